The minimum absolute atomic E-state index is 0.103. The summed E-state index contributed by atoms with van der Waals surface area (Å²) >= 11 is 0. The highest BCUT2D eigenvalue weighted by Crippen LogP contribution is 2.31. The number of methoxy groups -OCH3 is 2. The van der Waals surface area contributed by atoms with E-state index in [0.717, 1.165) is 5.56 Å². The standard InChI is InChI=1S/C15H19N3O3/c1-16-9-11-7-12(17-18(2)15(11)19)10-5-6-13(20-3)14(8-10)21-4/h5-8,16H,9H2,1-4H3. The van der Waals surface area contributed by atoms with Gasteiger partial charge in [-0.05, 0) is 31.3 Å². The number of hydrogen-bond acceptors (Lipinski definition) is 5. The van der Waals surface area contributed by atoms with Gasteiger partial charge >= 0.3 is 0 Å². The fourth-order valence-electron chi connectivity index (χ4n) is 2.12. The van der Waals surface area contributed by atoms with Crippen LogP contribution in [0.3, 0.4) is 0 Å². The lowest BCUT2D eigenvalue weighted by atomic mass is 10.1. The Labute approximate surface area is 123 Å². The molecule has 0 spiro atoms. The van der Waals surface area contributed by atoms with Crippen molar-refractivity contribution >= 4 is 0 Å². The number of benzene rings is 1. The Balaban J connectivity index is 2.53. The van der Waals surface area contributed by atoms with Crippen molar-refractivity contribution in [3.8, 4) is 22.8 Å². The highest BCUT2D eigenvalue weighted by molar-refractivity contribution is 5.64. The van der Waals surface area contributed by atoms with Crippen LogP contribution in [0.4, 0.5) is 0 Å². The zero-order valence-electron chi connectivity index (χ0n) is 12.6. The monoisotopic (exact) mass is 289 g/mol. The Bertz CT molecular complexity index is 695. The van der Waals surface area contributed by atoms with Gasteiger partial charge in [0.2, 0.25) is 0 Å². The summed E-state index contributed by atoms with van der Waals surface area (Å²) in [6.45, 7) is 0.496. The number of rotatable bonds is 5. The lowest BCUT2D eigenvalue weighted by Crippen LogP contribution is -2.26. The first kappa shape index (κ1) is 15.1. The molecule has 21 heavy (non-hydrogen) atoms. The zero-order chi connectivity index (χ0) is 15.4. The minimum atomic E-state index is -0.103. The van der Waals surface area contributed by atoms with Crippen LogP contribution in [-0.4, -0.2) is 31.0 Å². The van der Waals surface area contributed by atoms with Gasteiger partial charge in [0.25, 0.3) is 5.56 Å². The molecule has 6 nitrogen and oxygen atoms in total. The van der Waals surface area contributed by atoms with E-state index in [1.54, 1.807) is 34.4 Å². The largest absolute Gasteiger partial charge is 0.493 e. The van der Waals surface area contributed by atoms with Crippen molar-refractivity contribution in [2.75, 3.05) is 21.3 Å². The second kappa shape index (κ2) is 6.41. The van der Waals surface area contributed by atoms with E-state index in [1.165, 1.54) is 4.68 Å². The molecule has 1 heterocycles. The summed E-state index contributed by atoms with van der Waals surface area (Å²) in [5.74, 6) is 1.28. The van der Waals surface area contributed by atoms with Gasteiger partial charge in [0.1, 0.15) is 0 Å². The highest BCUT2D eigenvalue weighted by atomic mass is 16.5. The molecule has 0 bridgehead atoms. The molecule has 6 heteroatoms. The van der Waals surface area contributed by atoms with Gasteiger partial charge in [-0.15, -0.1) is 0 Å². The lowest BCUT2D eigenvalue weighted by molar-refractivity contribution is 0.355. The van der Waals surface area contributed by atoms with E-state index in [2.05, 4.69) is 10.4 Å². The minimum Gasteiger partial charge on any atom is -0.493 e. The van der Waals surface area contributed by atoms with Crippen LogP contribution in [-0.2, 0) is 13.6 Å². The summed E-state index contributed by atoms with van der Waals surface area (Å²) in [6, 6.07) is 7.34. The Morgan fingerprint density at radius 3 is 2.52 bits per heavy atom. The van der Waals surface area contributed by atoms with Crippen LogP contribution in [0.15, 0.2) is 29.1 Å². The van der Waals surface area contributed by atoms with Crippen molar-refractivity contribution in [3.63, 3.8) is 0 Å². The van der Waals surface area contributed by atoms with Gasteiger partial charge in [-0.1, -0.05) is 0 Å². The van der Waals surface area contributed by atoms with Crippen molar-refractivity contribution in [2.24, 2.45) is 7.05 Å². The van der Waals surface area contributed by atoms with Crippen LogP contribution in [0.1, 0.15) is 5.56 Å². The molecule has 0 aliphatic rings. The molecule has 2 rings (SSSR count). The zero-order valence-corrected chi connectivity index (χ0v) is 12.6. The van der Waals surface area contributed by atoms with Gasteiger partial charge in [0, 0.05) is 24.7 Å². The summed E-state index contributed by atoms with van der Waals surface area (Å²) in [4.78, 5) is 12.0. The second-order valence-electron chi connectivity index (χ2n) is 4.58. The fraction of sp³-hybridized carbons (Fsp3) is 0.333. The Morgan fingerprint density at radius 2 is 1.90 bits per heavy atom. The molecule has 0 amide bonds. The summed E-state index contributed by atoms with van der Waals surface area (Å²) in [5.41, 5.74) is 2.14. The maximum Gasteiger partial charge on any atom is 0.271 e. The van der Waals surface area contributed by atoms with E-state index < -0.39 is 0 Å². The van der Waals surface area contributed by atoms with Gasteiger partial charge in [0.05, 0.1) is 19.9 Å². The molecule has 0 saturated heterocycles. The molecular weight excluding hydrogens is 270 g/mol. The number of nitrogens with one attached hydrogen (secondary N) is 1. The Kier molecular flexibility index (Phi) is 4.59. The van der Waals surface area contributed by atoms with Crippen LogP contribution in [0.2, 0.25) is 0 Å². The van der Waals surface area contributed by atoms with E-state index in [-0.39, 0.29) is 5.56 Å². The lowest BCUT2D eigenvalue weighted by Gasteiger charge is -2.11. The third-order valence-electron chi connectivity index (χ3n) is 3.18. The number of nitrogens with zero attached hydrogens (tertiary/aromatic N) is 2. The molecule has 112 valence electrons. The maximum atomic E-state index is 12.0. The van der Waals surface area contributed by atoms with Crippen LogP contribution in [0.25, 0.3) is 11.3 Å². The topological polar surface area (TPSA) is 65.4 Å². The number of hydrogen-bond donors (Lipinski definition) is 1. The van der Waals surface area contributed by atoms with Gasteiger partial charge in [-0.3, -0.25) is 4.79 Å². The molecule has 0 fully saturated rings. The first-order valence-electron chi connectivity index (χ1n) is 6.55. The van der Waals surface area contributed by atoms with E-state index in [1.807, 2.05) is 18.2 Å². The quantitative estimate of drug-likeness (QED) is 0.895. The van der Waals surface area contributed by atoms with E-state index >= 15 is 0 Å². The Hall–Kier alpha value is -2.34. The molecule has 1 aromatic carbocycles. The molecule has 0 radical (unpaired) electrons. The molecule has 2 aromatic rings. The normalized spacial score (nSPS) is 10.5. The first-order valence-corrected chi connectivity index (χ1v) is 6.55. The molecule has 0 aliphatic heterocycles. The average molecular weight is 289 g/mol. The smallest absolute Gasteiger partial charge is 0.271 e. The molecule has 0 atom stereocenters. The van der Waals surface area contributed by atoms with Crippen molar-refractivity contribution in [1.82, 2.24) is 15.1 Å². The molecule has 1 N–H and O–H groups in total. The van der Waals surface area contributed by atoms with E-state index in [4.69, 9.17) is 9.47 Å². The third-order valence-corrected chi connectivity index (χ3v) is 3.18. The summed E-state index contributed by atoms with van der Waals surface area (Å²) < 4.78 is 11.9. The van der Waals surface area contributed by atoms with Crippen LogP contribution in [0, 0.1) is 0 Å². The molecule has 0 unspecified atom stereocenters. The summed E-state index contributed by atoms with van der Waals surface area (Å²) in [7, 11) is 6.62. The third kappa shape index (κ3) is 3.05. The van der Waals surface area contributed by atoms with Crippen LogP contribution >= 0.6 is 0 Å². The van der Waals surface area contributed by atoms with Crippen molar-refractivity contribution < 1.29 is 9.47 Å². The summed E-state index contributed by atoms with van der Waals surface area (Å²) in [5, 5.41) is 7.28. The van der Waals surface area contributed by atoms with E-state index in [9.17, 15) is 4.79 Å². The number of ether oxygens (including phenoxy) is 2. The number of aromatic nitrogens is 2. The maximum absolute atomic E-state index is 12.0. The molecule has 0 aliphatic carbocycles. The predicted octanol–water partition coefficient (Wildman–Crippen LogP) is 1.18. The van der Waals surface area contributed by atoms with Gasteiger partial charge in [0.15, 0.2) is 11.5 Å². The highest BCUT2D eigenvalue weighted by Gasteiger charge is 2.10. The molecule has 1 aromatic heterocycles. The van der Waals surface area contributed by atoms with Crippen LogP contribution < -0.4 is 20.3 Å². The van der Waals surface area contributed by atoms with Crippen molar-refractivity contribution in [2.45, 2.75) is 6.54 Å². The molecule has 0 saturated carbocycles. The van der Waals surface area contributed by atoms with Gasteiger partial charge < -0.3 is 14.8 Å². The average Bonchev–Trinajstić information content (AvgIpc) is 2.51. The van der Waals surface area contributed by atoms with E-state index in [0.29, 0.717) is 29.3 Å². The van der Waals surface area contributed by atoms with Crippen molar-refractivity contribution in [1.29, 1.82) is 0 Å². The first-order chi connectivity index (χ1) is 10.1. The second-order valence-corrected chi connectivity index (χ2v) is 4.58. The number of aryl methyl sites for hydroxylation is 1. The summed E-state index contributed by atoms with van der Waals surface area (Å²) in [6.07, 6.45) is 0. The van der Waals surface area contributed by atoms with Gasteiger partial charge in [-0.25, -0.2) is 4.68 Å². The predicted molar refractivity (Wildman–Crippen MR) is 80.8 cm³/mol. The van der Waals surface area contributed by atoms with Crippen molar-refractivity contribution in [3.05, 3.63) is 40.2 Å². The van der Waals surface area contributed by atoms with Crippen LogP contribution in [0.5, 0.6) is 11.5 Å². The SMILES string of the molecule is CNCc1cc(-c2ccc(OC)c(OC)c2)nn(C)c1=O. The fourth-order valence-corrected chi connectivity index (χ4v) is 2.12. The van der Waals surface area contributed by atoms with Gasteiger partial charge in [-0.2, -0.15) is 5.10 Å². The Morgan fingerprint density at radius 1 is 1.19 bits per heavy atom. The molecular formula is C15H19N3O3.